The molecule has 34 heavy (non-hydrogen) atoms. The smallest absolute Gasteiger partial charge is 0.254 e. The monoisotopic (exact) mass is 470 g/mol. The number of carbonyl (C=O) groups is 2. The molecule has 0 unspecified atom stereocenters. The van der Waals surface area contributed by atoms with Gasteiger partial charge >= 0.3 is 0 Å². The van der Waals surface area contributed by atoms with Crippen molar-refractivity contribution in [3.63, 3.8) is 0 Å². The second-order valence-corrected chi connectivity index (χ2v) is 8.68. The van der Waals surface area contributed by atoms with Gasteiger partial charge in [0.15, 0.2) is 11.5 Å². The molecule has 2 aromatic carbocycles. The van der Waals surface area contributed by atoms with Crippen molar-refractivity contribution in [1.82, 2.24) is 9.80 Å². The average Bonchev–Trinajstić information content (AvgIpc) is 3.34. The van der Waals surface area contributed by atoms with Crippen molar-refractivity contribution < 1.29 is 32.9 Å². The summed E-state index contributed by atoms with van der Waals surface area (Å²) in [4.78, 5) is 29.9. The van der Waals surface area contributed by atoms with Crippen LogP contribution in [0, 0.1) is 11.7 Å². The number of likely N-dealkylation sites (tertiary alicyclic amines) is 1. The lowest BCUT2D eigenvalue weighted by molar-refractivity contribution is -0.137. The van der Waals surface area contributed by atoms with Gasteiger partial charge < -0.3 is 28.7 Å². The van der Waals surface area contributed by atoms with Gasteiger partial charge in [-0.3, -0.25) is 9.59 Å². The Hall–Kier alpha value is -3.33. The first kappa shape index (κ1) is 22.5. The van der Waals surface area contributed by atoms with Gasteiger partial charge in [0.1, 0.15) is 17.7 Å². The summed E-state index contributed by atoms with van der Waals surface area (Å²) in [6.07, 6.45) is 0.558. The minimum atomic E-state index is -0.337. The van der Waals surface area contributed by atoms with Crippen LogP contribution in [0.15, 0.2) is 42.5 Å². The maximum Gasteiger partial charge on any atom is 0.254 e. The van der Waals surface area contributed by atoms with Crippen LogP contribution in [0.4, 0.5) is 4.39 Å². The molecule has 0 spiro atoms. The fraction of sp³-hybridized carbons (Fsp3) is 0.440. The van der Waals surface area contributed by atoms with Crippen LogP contribution in [-0.4, -0.2) is 73.9 Å². The Kier molecular flexibility index (Phi) is 6.53. The number of fused-ring (bicyclic) bond motifs is 1. The van der Waals surface area contributed by atoms with E-state index in [1.807, 2.05) is 0 Å². The summed E-state index contributed by atoms with van der Waals surface area (Å²) in [5.74, 6) is 1.09. The normalized spacial score (nSPS) is 21.9. The molecule has 3 heterocycles. The van der Waals surface area contributed by atoms with Gasteiger partial charge in [-0.05, 0) is 42.5 Å². The predicted molar refractivity (Wildman–Crippen MR) is 119 cm³/mol. The molecule has 2 atom stereocenters. The Balaban J connectivity index is 1.31. The summed E-state index contributed by atoms with van der Waals surface area (Å²) in [6.45, 7) is 3.20. The van der Waals surface area contributed by atoms with Crippen molar-refractivity contribution in [2.24, 2.45) is 5.92 Å². The Bertz CT molecular complexity index is 1040. The first-order valence-electron chi connectivity index (χ1n) is 11.5. The number of benzene rings is 2. The molecular formula is C25H27FN2O6. The van der Waals surface area contributed by atoms with Gasteiger partial charge in [0.05, 0.1) is 13.2 Å². The zero-order valence-electron chi connectivity index (χ0n) is 18.8. The van der Waals surface area contributed by atoms with Crippen LogP contribution in [-0.2, 0) is 9.53 Å². The number of hydrogen-bond acceptors (Lipinski definition) is 6. The Morgan fingerprint density at radius 3 is 2.53 bits per heavy atom. The standard InChI is InChI=1S/C25H27FN2O6/c26-19-2-4-20(5-3-19)34-21-7-8-28(15-18(21)14-24(29)27-9-11-31-12-10-27)25(30)17-1-6-22-23(13-17)33-16-32-22/h1-6,13,18,21H,7-12,14-16H2/t18-,21-/m0/s1. The lowest BCUT2D eigenvalue weighted by Crippen LogP contribution is -2.50. The topological polar surface area (TPSA) is 77.5 Å². The molecule has 0 aromatic heterocycles. The molecule has 0 aliphatic carbocycles. The van der Waals surface area contributed by atoms with Gasteiger partial charge in [-0.2, -0.15) is 0 Å². The molecule has 2 amide bonds. The second-order valence-electron chi connectivity index (χ2n) is 8.68. The Morgan fingerprint density at radius 2 is 1.74 bits per heavy atom. The van der Waals surface area contributed by atoms with Crippen LogP contribution in [0.25, 0.3) is 0 Å². The molecule has 2 saturated heterocycles. The fourth-order valence-electron chi connectivity index (χ4n) is 4.61. The zero-order chi connectivity index (χ0) is 23.5. The molecule has 3 aliphatic rings. The van der Waals surface area contributed by atoms with E-state index in [2.05, 4.69) is 0 Å². The van der Waals surface area contributed by atoms with Crippen LogP contribution in [0.5, 0.6) is 17.2 Å². The second kappa shape index (κ2) is 9.89. The van der Waals surface area contributed by atoms with E-state index in [-0.39, 0.29) is 42.9 Å². The first-order chi connectivity index (χ1) is 16.6. The van der Waals surface area contributed by atoms with Crippen molar-refractivity contribution in [3.05, 3.63) is 53.8 Å². The van der Waals surface area contributed by atoms with Crippen LogP contribution in [0.3, 0.4) is 0 Å². The summed E-state index contributed by atoms with van der Waals surface area (Å²) in [6, 6.07) is 11.0. The van der Waals surface area contributed by atoms with Crippen LogP contribution < -0.4 is 14.2 Å². The van der Waals surface area contributed by atoms with Crippen molar-refractivity contribution in [1.29, 1.82) is 0 Å². The van der Waals surface area contributed by atoms with E-state index >= 15 is 0 Å². The summed E-state index contributed by atoms with van der Waals surface area (Å²) in [5.41, 5.74) is 0.514. The summed E-state index contributed by atoms with van der Waals surface area (Å²) >= 11 is 0. The van der Waals surface area contributed by atoms with Gasteiger partial charge in [0.2, 0.25) is 12.7 Å². The number of rotatable bonds is 5. The van der Waals surface area contributed by atoms with Crippen LogP contribution in [0.1, 0.15) is 23.2 Å². The minimum absolute atomic E-state index is 0.0263. The van der Waals surface area contributed by atoms with E-state index in [9.17, 15) is 14.0 Å². The van der Waals surface area contributed by atoms with Crippen molar-refractivity contribution in [3.8, 4) is 17.2 Å². The molecule has 0 saturated carbocycles. The maximum atomic E-state index is 13.3. The largest absolute Gasteiger partial charge is 0.490 e. The lowest BCUT2D eigenvalue weighted by Gasteiger charge is -2.39. The fourth-order valence-corrected chi connectivity index (χ4v) is 4.61. The molecule has 9 heteroatoms. The maximum absolute atomic E-state index is 13.3. The number of carbonyl (C=O) groups excluding carboxylic acids is 2. The van der Waals surface area contributed by atoms with Gasteiger partial charge in [-0.25, -0.2) is 4.39 Å². The molecule has 2 fully saturated rings. The molecule has 0 radical (unpaired) electrons. The summed E-state index contributed by atoms with van der Waals surface area (Å²) in [7, 11) is 0. The molecule has 0 N–H and O–H groups in total. The summed E-state index contributed by atoms with van der Waals surface area (Å²) in [5, 5.41) is 0. The third-order valence-corrected chi connectivity index (χ3v) is 6.47. The predicted octanol–water partition coefficient (Wildman–Crippen LogP) is 2.71. The van der Waals surface area contributed by atoms with Gasteiger partial charge in [0.25, 0.3) is 5.91 Å². The van der Waals surface area contributed by atoms with Crippen molar-refractivity contribution >= 4 is 11.8 Å². The molecule has 180 valence electrons. The molecule has 8 nitrogen and oxygen atoms in total. The molecule has 5 rings (SSSR count). The SMILES string of the molecule is O=C(C[C@H]1CN(C(=O)c2ccc3c(c2)OCO3)CC[C@@H]1Oc1ccc(F)cc1)N1CCOCC1. The highest BCUT2D eigenvalue weighted by Gasteiger charge is 2.36. The number of amides is 2. The number of morpholine rings is 1. The number of piperidine rings is 1. The van der Waals surface area contributed by atoms with Gasteiger partial charge in [-0.1, -0.05) is 0 Å². The Labute approximate surface area is 197 Å². The van der Waals surface area contributed by atoms with Gasteiger partial charge in [0, 0.05) is 50.5 Å². The van der Waals surface area contributed by atoms with E-state index in [1.165, 1.54) is 12.1 Å². The number of nitrogens with zero attached hydrogens (tertiary/aromatic N) is 2. The van der Waals surface area contributed by atoms with Crippen molar-refractivity contribution in [2.45, 2.75) is 18.9 Å². The lowest BCUT2D eigenvalue weighted by atomic mass is 9.90. The Morgan fingerprint density at radius 1 is 0.971 bits per heavy atom. The van der Waals surface area contributed by atoms with Crippen LogP contribution in [0.2, 0.25) is 0 Å². The zero-order valence-corrected chi connectivity index (χ0v) is 18.8. The van der Waals surface area contributed by atoms with E-state index in [4.69, 9.17) is 18.9 Å². The number of hydrogen-bond donors (Lipinski definition) is 0. The van der Waals surface area contributed by atoms with Gasteiger partial charge in [-0.15, -0.1) is 0 Å². The molecule has 0 bridgehead atoms. The number of ether oxygens (including phenoxy) is 4. The highest BCUT2D eigenvalue weighted by atomic mass is 19.1. The number of halogens is 1. The first-order valence-corrected chi connectivity index (χ1v) is 11.5. The van der Waals surface area contributed by atoms with E-state index < -0.39 is 0 Å². The molecule has 2 aromatic rings. The van der Waals surface area contributed by atoms with Crippen LogP contribution >= 0.6 is 0 Å². The summed E-state index contributed by atoms with van der Waals surface area (Å²) < 4.78 is 35.6. The quantitative estimate of drug-likeness (QED) is 0.669. The highest BCUT2D eigenvalue weighted by molar-refractivity contribution is 5.95. The minimum Gasteiger partial charge on any atom is -0.490 e. The molecular weight excluding hydrogens is 443 g/mol. The third-order valence-electron chi connectivity index (χ3n) is 6.47. The van der Waals surface area contributed by atoms with E-state index in [1.54, 1.807) is 40.1 Å². The van der Waals surface area contributed by atoms with E-state index in [0.717, 1.165) is 0 Å². The van der Waals surface area contributed by atoms with E-state index in [0.29, 0.717) is 68.6 Å². The average molecular weight is 470 g/mol. The van der Waals surface area contributed by atoms with Crippen molar-refractivity contribution in [2.75, 3.05) is 46.2 Å². The third kappa shape index (κ3) is 4.94. The highest BCUT2D eigenvalue weighted by Crippen LogP contribution is 2.34. The molecule has 3 aliphatic heterocycles.